The lowest BCUT2D eigenvalue weighted by Gasteiger charge is -2.12. The summed E-state index contributed by atoms with van der Waals surface area (Å²) in [6, 6.07) is 0.571. The van der Waals surface area contributed by atoms with Crippen molar-refractivity contribution in [2.24, 2.45) is 0 Å². The van der Waals surface area contributed by atoms with Crippen molar-refractivity contribution in [1.82, 2.24) is 15.5 Å². The van der Waals surface area contributed by atoms with Gasteiger partial charge >= 0.3 is 5.97 Å². The number of nitrogens with one attached hydrogen (secondary N) is 2. The molecular weight excluding hydrogens is 214 g/mol. The number of aliphatic carboxylic acids is 1. The van der Waals surface area contributed by atoms with Crippen LogP contribution in [-0.4, -0.2) is 44.9 Å². The van der Waals surface area contributed by atoms with Crippen LogP contribution in [0.25, 0.3) is 0 Å². The monoisotopic (exact) mass is 227 g/mol. The molecule has 0 aliphatic rings. The smallest absolute Gasteiger partial charge is 0.326 e. The van der Waals surface area contributed by atoms with E-state index < -0.39 is 17.9 Å². The zero-order valence-electron chi connectivity index (χ0n) is 8.51. The van der Waals surface area contributed by atoms with Crippen molar-refractivity contribution in [3.05, 3.63) is 18.0 Å². The number of aromatic nitrogens is 2. The molecule has 1 aromatic heterocycles. The van der Waals surface area contributed by atoms with Gasteiger partial charge in [0, 0.05) is 24.9 Å². The first kappa shape index (κ1) is 12.2. The Balaban J connectivity index is 2.45. The quantitative estimate of drug-likeness (QED) is 0.492. The first-order valence-electron chi connectivity index (χ1n) is 4.74. The number of rotatable bonds is 6. The summed E-state index contributed by atoms with van der Waals surface area (Å²) in [6.07, 6.45) is 1.53. The van der Waals surface area contributed by atoms with E-state index in [9.17, 15) is 9.59 Å². The van der Waals surface area contributed by atoms with E-state index in [1.807, 2.05) is 0 Å². The summed E-state index contributed by atoms with van der Waals surface area (Å²) in [4.78, 5) is 22.1. The molecule has 1 heterocycles. The van der Waals surface area contributed by atoms with E-state index in [0.717, 1.165) is 0 Å². The lowest BCUT2D eigenvalue weighted by Crippen LogP contribution is -2.42. The predicted octanol–water partition coefficient (Wildman–Crippen LogP) is -1.10. The SMILES string of the molecule is O=C(Cc1ccn[nH]1)N[C@H](CCO)C(=O)O. The Kier molecular flexibility index (Phi) is 4.46. The summed E-state index contributed by atoms with van der Waals surface area (Å²) < 4.78 is 0. The average Bonchev–Trinajstić information content (AvgIpc) is 2.69. The molecule has 0 radical (unpaired) electrons. The molecule has 0 unspecified atom stereocenters. The molecule has 0 fully saturated rings. The number of aliphatic hydroxyl groups excluding tert-OH is 1. The number of carbonyl (C=O) groups excluding carboxylic acids is 1. The Morgan fingerprint density at radius 1 is 1.56 bits per heavy atom. The summed E-state index contributed by atoms with van der Waals surface area (Å²) in [5.41, 5.74) is 0.602. The largest absolute Gasteiger partial charge is 0.480 e. The van der Waals surface area contributed by atoms with Crippen LogP contribution in [0.1, 0.15) is 12.1 Å². The molecule has 4 N–H and O–H groups in total. The molecule has 0 spiro atoms. The number of aromatic amines is 1. The van der Waals surface area contributed by atoms with Gasteiger partial charge in [-0.25, -0.2) is 4.79 Å². The van der Waals surface area contributed by atoms with E-state index >= 15 is 0 Å². The minimum Gasteiger partial charge on any atom is -0.480 e. The summed E-state index contributed by atoms with van der Waals surface area (Å²) in [6.45, 7) is -0.290. The van der Waals surface area contributed by atoms with E-state index in [4.69, 9.17) is 10.2 Å². The van der Waals surface area contributed by atoms with Crippen molar-refractivity contribution in [3.63, 3.8) is 0 Å². The van der Waals surface area contributed by atoms with Crippen LogP contribution in [0.2, 0.25) is 0 Å². The van der Waals surface area contributed by atoms with Crippen molar-refractivity contribution in [2.45, 2.75) is 18.9 Å². The molecular formula is C9H13N3O4. The molecule has 7 heteroatoms. The number of hydrogen-bond acceptors (Lipinski definition) is 4. The average molecular weight is 227 g/mol. The van der Waals surface area contributed by atoms with Crippen LogP contribution >= 0.6 is 0 Å². The molecule has 0 bridgehead atoms. The van der Waals surface area contributed by atoms with Gasteiger partial charge in [0.25, 0.3) is 0 Å². The van der Waals surface area contributed by atoms with E-state index in [1.54, 1.807) is 6.07 Å². The van der Waals surface area contributed by atoms with Crippen molar-refractivity contribution in [2.75, 3.05) is 6.61 Å². The summed E-state index contributed by atoms with van der Waals surface area (Å²) in [5.74, 6) is -1.59. The van der Waals surface area contributed by atoms with Gasteiger partial charge in [-0.1, -0.05) is 0 Å². The van der Waals surface area contributed by atoms with Gasteiger partial charge in [-0.05, 0) is 6.07 Å². The minimum atomic E-state index is -1.16. The molecule has 0 aromatic carbocycles. The van der Waals surface area contributed by atoms with Crippen molar-refractivity contribution < 1.29 is 19.8 Å². The fraction of sp³-hybridized carbons (Fsp3) is 0.444. The highest BCUT2D eigenvalue weighted by atomic mass is 16.4. The second-order valence-corrected chi connectivity index (χ2v) is 3.23. The molecule has 1 amide bonds. The molecule has 0 saturated heterocycles. The highest BCUT2D eigenvalue weighted by Crippen LogP contribution is 1.96. The van der Waals surface area contributed by atoms with E-state index in [0.29, 0.717) is 5.69 Å². The molecule has 0 saturated carbocycles. The number of nitrogens with zero attached hydrogens (tertiary/aromatic N) is 1. The Hall–Kier alpha value is -1.89. The third kappa shape index (κ3) is 3.70. The second kappa shape index (κ2) is 5.86. The van der Waals surface area contributed by atoms with Crippen LogP contribution in [0.4, 0.5) is 0 Å². The fourth-order valence-corrected chi connectivity index (χ4v) is 1.19. The molecule has 88 valence electrons. The Morgan fingerprint density at radius 3 is 2.81 bits per heavy atom. The Labute approximate surface area is 91.5 Å². The highest BCUT2D eigenvalue weighted by Gasteiger charge is 2.19. The van der Waals surface area contributed by atoms with Crippen LogP contribution in [0.15, 0.2) is 12.3 Å². The summed E-state index contributed by atoms with van der Waals surface area (Å²) >= 11 is 0. The Bertz CT molecular complexity index is 350. The summed E-state index contributed by atoms with van der Waals surface area (Å²) in [5, 5.41) is 25.9. The van der Waals surface area contributed by atoms with E-state index in [-0.39, 0.29) is 19.4 Å². The lowest BCUT2D eigenvalue weighted by molar-refractivity contribution is -0.142. The molecule has 0 aliphatic carbocycles. The van der Waals surface area contributed by atoms with Crippen LogP contribution in [0.5, 0.6) is 0 Å². The number of carboxylic acids is 1. The number of hydrogen-bond donors (Lipinski definition) is 4. The maximum atomic E-state index is 11.4. The molecule has 1 aromatic rings. The van der Waals surface area contributed by atoms with E-state index in [1.165, 1.54) is 6.20 Å². The van der Waals surface area contributed by atoms with Gasteiger partial charge in [-0.2, -0.15) is 5.10 Å². The van der Waals surface area contributed by atoms with Crippen molar-refractivity contribution >= 4 is 11.9 Å². The van der Waals surface area contributed by atoms with Crippen LogP contribution in [0, 0.1) is 0 Å². The number of carboxylic acid groups (broad SMARTS) is 1. The number of carbonyl (C=O) groups is 2. The highest BCUT2D eigenvalue weighted by molar-refractivity contribution is 5.84. The van der Waals surface area contributed by atoms with Gasteiger partial charge in [-0.15, -0.1) is 0 Å². The van der Waals surface area contributed by atoms with Gasteiger partial charge in [-0.3, -0.25) is 9.89 Å². The first-order chi connectivity index (χ1) is 7.63. The molecule has 1 atom stereocenters. The molecule has 7 nitrogen and oxygen atoms in total. The molecule has 16 heavy (non-hydrogen) atoms. The number of H-pyrrole nitrogens is 1. The third-order valence-corrected chi connectivity index (χ3v) is 1.96. The first-order valence-corrected chi connectivity index (χ1v) is 4.74. The molecule has 0 aliphatic heterocycles. The van der Waals surface area contributed by atoms with Crippen LogP contribution in [-0.2, 0) is 16.0 Å². The zero-order valence-corrected chi connectivity index (χ0v) is 8.51. The Morgan fingerprint density at radius 2 is 2.31 bits per heavy atom. The van der Waals surface area contributed by atoms with Gasteiger partial charge in [0.2, 0.25) is 5.91 Å². The maximum Gasteiger partial charge on any atom is 0.326 e. The van der Waals surface area contributed by atoms with Gasteiger partial charge in [0.05, 0.1) is 6.42 Å². The van der Waals surface area contributed by atoms with Gasteiger partial charge in [0.15, 0.2) is 0 Å². The van der Waals surface area contributed by atoms with Crippen LogP contribution in [0.3, 0.4) is 0 Å². The summed E-state index contributed by atoms with van der Waals surface area (Å²) in [7, 11) is 0. The number of amides is 1. The van der Waals surface area contributed by atoms with Crippen LogP contribution < -0.4 is 5.32 Å². The second-order valence-electron chi connectivity index (χ2n) is 3.23. The van der Waals surface area contributed by atoms with Crippen molar-refractivity contribution in [3.8, 4) is 0 Å². The normalized spacial score (nSPS) is 12.1. The predicted molar refractivity (Wildman–Crippen MR) is 53.6 cm³/mol. The fourth-order valence-electron chi connectivity index (χ4n) is 1.19. The molecule has 1 rings (SSSR count). The topological polar surface area (TPSA) is 115 Å². The van der Waals surface area contributed by atoms with E-state index in [2.05, 4.69) is 15.5 Å². The third-order valence-electron chi connectivity index (χ3n) is 1.96. The lowest BCUT2D eigenvalue weighted by atomic mass is 10.2. The standard InChI is InChI=1S/C9H13N3O4/c13-4-2-7(9(15)16)11-8(14)5-6-1-3-10-12-6/h1,3,7,13H,2,4-5H2,(H,10,12)(H,11,14)(H,15,16)/t7-/m1/s1. The zero-order chi connectivity index (χ0) is 12.0. The maximum absolute atomic E-state index is 11.4. The number of aliphatic hydroxyl groups is 1. The van der Waals surface area contributed by atoms with Gasteiger partial charge < -0.3 is 15.5 Å². The van der Waals surface area contributed by atoms with Gasteiger partial charge in [0.1, 0.15) is 6.04 Å². The van der Waals surface area contributed by atoms with Crippen molar-refractivity contribution in [1.29, 1.82) is 0 Å². The minimum absolute atomic E-state index is 0.00987.